The summed E-state index contributed by atoms with van der Waals surface area (Å²) in [7, 11) is 4.05. The summed E-state index contributed by atoms with van der Waals surface area (Å²) in [4.78, 5) is 16.8. The predicted molar refractivity (Wildman–Crippen MR) is 59.1 cm³/mol. The molecule has 0 aliphatic heterocycles. The summed E-state index contributed by atoms with van der Waals surface area (Å²) in [6, 6.07) is 0. The number of nitrogens with zero attached hydrogens (tertiary/aromatic N) is 3. The Balaban J connectivity index is 2.43. The van der Waals surface area contributed by atoms with E-state index in [4.69, 9.17) is 0 Å². The molecule has 1 aromatic heterocycles. The van der Waals surface area contributed by atoms with Gasteiger partial charge in [-0.3, -0.25) is 0 Å². The lowest BCUT2D eigenvalue weighted by atomic mass is 10.4. The number of aryl methyl sites for hydroxylation is 1. The average molecular weight is 211 g/mol. The van der Waals surface area contributed by atoms with Gasteiger partial charge in [-0.05, 0) is 34.0 Å². The minimum atomic E-state index is -0.421. The summed E-state index contributed by atoms with van der Waals surface area (Å²) >= 11 is 0. The molecule has 0 unspecified atom stereocenters. The highest BCUT2D eigenvalue weighted by molar-refractivity contribution is 5.37. The van der Waals surface area contributed by atoms with Crippen LogP contribution in [0.25, 0.3) is 0 Å². The van der Waals surface area contributed by atoms with Gasteiger partial charge < -0.3 is 10.2 Å². The Hall–Kier alpha value is -1.43. The largest absolute Gasteiger partial charge is 0.368 e. The quantitative estimate of drug-likeness (QED) is 0.662. The Morgan fingerprint density at radius 2 is 2.20 bits per heavy atom. The molecule has 1 heterocycles. The SMILES string of the molecule is Cc1n[nH]c(=O)nc1NCCCN(C)C. The normalized spacial score (nSPS) is 10.7. The summed E-state index contributed by atoms with van der Waals surface area (Å²) in [5.41, 5.74) is 0.287. The third-order valence-electron chi connectivity index (χ3n) is 1.95. The number of hydrogen-bond donors (Lipinski definition) is 2. The van der Waals surface area contributed by atoms with E-state index in [0.29, 0.717) is 11.5 Å². The van der Waals surface area contributed by atoms with Gasteiger partial charge in [0.2, 0.25) is 0 Å². The van der Waals surface area contributed by atoms with E-state index in [2.05, 4.69) is 25.4 Å². The number of aromatic amines is 1. The maximum absolute atomic E-state index is 10.9. The molecule has 0 bridgehead atoms. The average Bonchev–Trinajstić information content (AvgIpc) is 2.17. The van der Waals surface area contributed by atoms with E-state index in [-0.39, 0.29) is 0 Å². The first-order chi connectivity index (χ1) is 7.09. The molecule has 2 N–H and O–H groups in total. The Morgan fingerprint density at radius 3 is 2.87 bits per heavy atom. The fraction of sp³-hybridized carbons (Fsp3) is 0.667. The highest BCUT2D eigenvalue weighted by atomic mass is 16.1. The van der Waals surface area contributed by atoms with Crippen LogP contribution >= 0.6 is 0 Å². The van der Waals surface area contributed by atoms with Gasteiger partial charge in [-0.25, -0.2) is 9.89 Å². The van der Waals surface area contributed by atoms with Crippen molar-refractivity contribution < 1.29 is 0 Å². The third-order valence-corrected chi connectivity index (χ3v) is 1.95. The zero-order chi connectivity index (χ0) is 11.3. The van der Waals surface area contributed by atoms with Crippen molar-refractivity contribution in [3.8, 4) is 0 Å². The zero-order valence-electron chi connectivity index (χ0n) is 9.37. The van der Waals surface area contributed by atoms with Crippen LogP contribution in [0.2, 0.25) is 0 Å². The molecule has 0 saturated heterocycles. The molecule has 84 valence electrons. The lowest BCUT2D eigenvalue weighted by molar-refractivity contribution is 0.405. The fourth-order valence-corrected chi connectivity index (χ4v) is 1.16. The molecule has 0 aliphatic carbocycles. The highest BCUT2D eigenvalue weighted by Crippen LogP contribution is 2.02. The molecule has 1 aromatic rings. The summed E-state index contributed by atoms with van der Waals surface area (Å²) in [5.74, 6) is 0.567. The molecule has 0 radical (unpaired) electrons. The van der Waals surface area contributed by atoms with Gasteiger partial charge in [0.05, 0.1) is 0 Å². The molecule has 0 aromatic carbocycles. The van der Waals surface area contributed by atoms with Crippen LogP contribution in [0.5, 0.6) is 0 Å². The molecular formula is C9H17N5O. The third kappa shape index (κ3) is 4.07. The molecular weight excluding hydrogens is 194 g/mol. The number of aromatic nitrogens is 3. The molecule has 6 nitrogen and oxygen atoms in total. The number of rotatable bonds is 5. The number of H-pyrrole nitrogens is 1. The smallest absolute Gasteiger partial charge is 0.363 e. The standard InChI is InChI=1S/C9H17N5O/c1-7-8(11-9(15)13-12-7)10-5-4-6-14(2)3/h4-6H2,1-3H3,(H2,10,11,13,15). The number of nitrogens with one attached hydrogen (secondary N) is 2. The first-order valence-corrected chi connectivity index (χ1v) is 4.91. The van der Waals surface area contributed by atoms with Crippen LogP contribution in [0.15, 0.2) is 4.79 Å². The second-order valence-electron chi connectivity index (χ2n) is 3.66. The monoisotopic (exact) mass is 211 g/mol. The minimum absolute atomic E-state index is 0.421. The van der Waals surface area contributed by atoms with Crippen molar-refractivity contribution in [3.63, 3.8) is 0 Å². The predicted octanol–water partition coefficient (Wildman–Crippen LogP) is -0.163. The molecule has 1 rings (SSSR count). The molecule has 0 atom stereocenters. The molecule has 6 heteroatoms. The Kier molecular flexibility index (Phi) is 4.23. The van der Waals surface area contributed by atoms with Crippen LogP contribution in [0.4, 0.5) is 5.82 Å². The van der Waals surface area contributed by atoms with Gasteiger partial charge in [-0.15, -0.1) is 0 Å². The van der Waals surface area contributed by atoms with E-state index in [9.17, 15) is 4.79 Å². The van der Waals surface area contributed by atoms with E-state index in [1.807, 2.05) is 14.1 Å². The molecule has 0 fully saturated rings. The maximum Gasteiger partial charge on any atom is 0.363 e. The molecule has 15 heavy (non-hydrogen) atoms. The van der Waals surface area contributed by atoms with Gasteiger partial charge in [0.15, 0.2) is 5.82 Å². The van der Waals surface area contributed by atoms with Crippen molar-refractivity contribution in [2.75, 3.05) is 32.5 Å². The second-order valence-corrected chi connectivity index (χ2v) is 3.66. The van der Waals surface area contributed by atoms with Crippen molar-refractivity contribution >= 4 is 5.82 Å². The Morgan fingerprint density at radius 1 is 1.47 bits per heavy atom. The van der Waals surface area contributed by atoms with E-state index in [1.165, 1.54) is 0 Å². The topological polar surface area (TPSA) is 73.9 Å². The molecule has 0 amide bonds. The van der Waals surface area contributed by atoms with Crippen molar-refractivity contribution in [2.45, 2.75) is 13.3 Å². The summed E-state index contributed by atoms with van der Waals surface area (Å²) < 4.78 is 0. The Bertz CT molecular complexity index is 360. The van der Waals surface area contributed by atoms with E-state index < -0.39 is 5.69 Å². The van der Waals surface area contributed by atoms with Gasteiger partial charge >= 0.3 is 5.69 Å². The minimum Gasteiger partial charge on any atom is -0.368 e. The molecule has 0 saturated carbocycles. The lowest BCUT2D eigenvalue weighted by Gasteiger charge is -2.10. The summed E-state index contributed by atoms with van der Waals surface area (Å²) in [6.45, 7) is 3.59. The maximum atomic E-state index is 10.9. The number of hydrogen-bond acceptors (Lipinski definition) is 5. The van der Waals surface area contributed by atoms with Crippen LogP contribution in [0.3, 0.4) is 0 Å². The zero-order valence-corrected chi connectivity index (χ0v) is 9.37. The van der Waals surface area contributed by atoms with E-state index in [1.54, 1.807) is 6.92 Å². The van der Waals surface area contributed by atoms with E-state index in [0.717, 1.165) is 19.5 Å². The first kappa shape index (κ1) is 11.6. The van der Waals surface area contributed by atoms with Gasteiger partial charge in [0, 0.05) is 6.54 Å². The van der Waals surface area contributed by atoms with Gasteiger partial charge in [-0.1, -0.05) is 0 Å². The van der Waals surface area contributed by atoms with Crippen molar-refractivity contribution in [2.24, 2.45) is 0 Å². The first-order valence-electron chi connectivity index (χ1n) is 4.91. The molecule has 0 aliphatic rings. The second kappa shape index (κ2) is 5.45. The van der Waals surface area contributed by atoms with Crippen LogP contribution in [-0.2, 0) is 0 Å². The Labute approximate surface area is 88.7 Å². The van der Waals surface area contributed by atoms with Crippen LogP contribution in [0, 0.1) is 6.92 Å². The summed E-state index contributed by atoms with van der Waals surface area (Å²) in [6.07, 6.45) is 1.00. The summed E-state index contributed by atoms with van der Waals surface area (Å²) in [5, 5.41) is 9.19. The van der Waals surface area contributed by atoms with Crippen molar-refractivity contribution in [1.29, 1.82) is 0 Å². The number of anilines is 1. The molecule has 0 spiro atoms. The van der Waals surface area contributed by atoms with Gasteiger partial charge in [0.25, 0.3) is 0 Å². The lowest BCUT2D eigenvalue weighted by Crippen LogP contribution is -2.20. The van der Waals surface area contributed by atoms with Crippen molar-refractivity contribution in [1.82, 2.24) is 20.1 Å². The highest BCUT2D eigenvalue weighted by Gasteiger charge is 2.01. The fourth-order valence-electron chi connectivity index (χ4n) is 1.16. The van der Waals surface area contributed by atoms with Crippen molar-refractivity contribution in [3.05, 3.63) is 16.2 Å². The van der Waals surface area contributed by atoms with Crippen LogP contribution < -0.4 is 11.0 Å². The van der Waals surface area contributed by atoms with Gasteiger partial charge in [-0.2, -0.15) is 10.1 Å². The van der Waals surface area contributed by atoms with Gasteiger partial charge in [0.1, 0.15) is 5.69 Å². The van der Waals surface area contributed by atoms with Crippen LogP contribution in [-0.4, -0.2) is 47.3 Å². The van der Waals surface area contributed by atoms with E-state index >= 15 is 0 Å². The van der Waals surface area contributed by atoms with Crippen LogP contribution in [0.1, 0.15) is 12.1 Å².